The van der Waals surface area contributed by atoms with E-state index in [1.54, 1.807) is 11.3 Å². The Morgan fingerprint density at radius 1 is 1.73 bits per heavy atom. The van der Waals surface area contributed by atoms with E-state index in [-0.39, 0.29) is 6.04 Å². The van der Waals surface area contributed by atoms with E-state index >= 15 is 0 Å². The summed E-state index contributed by atoms with van der Waals surface area (Å²) in [6.07, 6.45) is 2.04. The molecule has 1 unspecified atom stereocenters. The molecule has 0 amide bonds. The summed E-state index contributed by atoms with van der Waals surface area (Å²) in [5.41, 5.74) is 1.37. The van der Waals surface area contributed by atoms with Gasteiger partial charge in [0, 0.05) is 13.3 Å². The lowest BCUT2D eigenvalue weighted by Crippen LogP contribution is -1.96. The molecule has 0 aliphatic carbocycles. The Morgan fingerprint density at radius 3 is 3.09 bits per heavy atom. The van der Waals surface area contributed by atoms with Crippen LogP contribution < -0.4 is 0 Å². The molecule has 0 radical (unpaired) electrons. The van der Waals surface area contributed by atoms with Gasteiger partial charge < -0.3 is 4.85 Å². The average molecular weight is 165 g/mol. The Kier molecular flexibility index (Phi) is 3.13. The molecule has 0 fully saturated rings. The van der Waals surface area contributed by atoms with E-state index in [9.17, 15) is 0 Å². The van der Waals surface area contributed by atoms with Gasteiger partial charge in [-0.05, 0) is 28.8 Å². The lowest BCUT2D eigenvalue weighted by atomic mass is 10.1. The zero-order chi connectivity index (χ0) is 8.10. The fourth-order valence-corrected chi connectivity index (χ4v) is 1.58. The topological polar surface area (TPSA) is 4.36 Å². The second-order valence-corrected chi connectivity index (χ2v) is 3.43. The van der Waals surface area contributed by atoms with Crippen molar-refractivity contribution in [1.82, 2.24) is 0 Å². The third-order valence-corrected chi connectivity index (χ3v) is 2.38. The van der Waals surface area contributed by atoms with Crippen LogP contribution in [-0.2, 0) is 6.42 Å². The lowest BCUT2D eigenvalue weighted by molar-refractivity contribution is 0.745. The molecular formula is C9H11NS. The third kappa shape index (κ3) is 2.73. The molecule has 0 aliphatic heterocycles. The first-order chi connectivity index (χ1) is 5.33. The van der Waals surface area contributed by atoms with Crippen LogP contribution in [-0.4, -0.2) is 6.04 Å². The van der Waals surface area contributed by atoms with Crippen molar-refractivity contribution in [2.75, 3.05) is 0 Å². The zero-order valence-corrected chi connectivity index (χ0v) is 7.40. The molecule has 2 heteroatoms. The second kappa shape index (κ2) is 4.15. The number of aryl methyl sites for hydroxylation is 1. The molecular weight excluding hydrogens is 154 g/mol. The zero-order valence-electron chi connectivity index (χ0n) is 6.58. The van der Waals surface area contributed by atoms with Crippen molar-refractivity contribution in [3.63, 3.8) is 0 Å². The highest BCUT2D eigenvalue weighted by atomic mass is 32.1. The highest BCUT2D eigenvalue weighted by Gasteiger charge is 2.03. The molecule has 0 aromatic carbocycles. The Hall–Kier alpha value is -0.810. The van der Waals surface area contributed by atoms with Crippen LogP contribution in [0.3, 0.4) is 0 Å². The van der Waals surface area contributed by atoms with Crippen LogP contribution in [0.25, 0.3) is 4.85 Å². The molecule has 1 rings (SSSR count). The second-order valence-electron chi connectivity index (χ2n) is 2.65. The number of hydrogen-bond acceptors (Lipinski definition) is 1. The molecule has 11 heavy (non-hydrogen) atoms. The molecule has 1 heterocycles. The quantitative estimate of drug-likeness (QED) is 0.606. The highest BCUT2D eigenvalue weighted by Crippen LogP contribution is 2.10. The van der Waals surface area contributed by atoms with E-state index in [1.807, 2.05) is 6.92 Å². The Labute approximate surface area is 71.5 Å². The van der Waals surface area contributed by atoms with Crippen LogP contribution in [0.2, 0.25) is 0 Å². The van der Waals surface area contributed by atoms with E-state index in [1.165, 1.54) is 5.56 Å². The smallest absolute Gasteiger partial charge is 0.221 e. The van der Waals surface area contributed by atoms with Gasteiger partial charge in [0.05, 0.1) is 0 Å². The molecule has 1 aromatic heterocycles. The van der Waals surface area contributed by atoms with Crippen molar-refractivity contribution in [2.45, 2.75) is 25.8 Å². The predicted molar refractivity (Wildman–Crippen MR) is 48.7 cm³/mol. The molecule has 1 aromatic rings. The van der Waals surface area contributed by atoms with E-state index < -0.39 is 0 Å². The van der Waals surface area contributed by atoms with Gasteiger partial charge in [-0.2, -0.15) is 11.3 Å². The molecule has 0 bridgehead atoms. The Bertz CT molecular complexity index is 233. The van der Waals surface area contributed by atoms with Crippen LogP contribution in [0.15, 0.2) is 16.8 Å². The van der Waals surface area contributed by atoms with Gasteiger partial charge in [-0.25, -0.2) is 6.57 Å². The summed E-state index contributed by atoms with van der Waals surface area (Å²) in [6.45, 7) is 8.74. The van der Waals surface area contributed by atoms with Crippen molar-refractivity contribution >= 4 is 11.3 Å². The van der Waals surface area contributed by atoms with Crippen LogP contribution in [0.4, 0.5) is 0 Å². The van der Waals surface area contributed by atoms with Crippen LogP contribution in [0.5, 0.6) is 0 Å². The molecule has 0 spiro atoms. The van der Waals surface area contributed by atoms with E-state index in [0.29, 0.717) is 0 Å². The molecule has 0 N–H and O–H groups in total. The predicted octanol–water partition coefficient (Wildman–Crippen LogP) is 2.99. The summed E-state index contributed by atoms with van der Waals surface area (Å²) < 4.78 is 0. The van der Waals surface area contributed by atoms with Gasteiger partial charge in [-0.3, -0.25) is 0 Å². The number of thiophene rings is 1. The normalized spacial score (nSPS) is 12.4. The van der Waals surface area contributed by atoms with Crippen LogP contribution in [0.1, 0.15) is 18.9 Å². The Balaban J connectivity index is 2.30. The van der Waals surface area contributed by atoms with E-state index in [0.717, 1.165) is 12.8 Å². The number of nitrogens with zero attached hydrogens (tertiary/aromatic N) is 1. The fourth-order valence-electron chi connectivity index (χ4n) is 0.875. The summed E-state index contributed by atoms with van der Waals surface area (Å²) >= 11 is 1.72. The largest absolute Gasteiger partial charge is 0.314 e. The fraction of sp³-hybridized carbons (Fsp3) is 0.444. The van der Waals surface area contributed by atoms with Gasteiger partial charge in [0.25, 0.3) is 0 Å². The minimum atomic E-state index is 0.176. The molecule has 1 nitrogen and oxygen atoms in total. The van der Waals surface area contributed by atoms with E-state index in [2.05, 4.69) is 21.7 Å². The first kappa shape index (κ1) is 8.29. The van der Waals surface area contributed by atoms with Gasteiger partial charge in [-0.15, -0.1) is 0 Å². The maximum Gasteiger partial charge on any atom is 0.221 e. The summed E-state index contributed by atoms with van der Waals surface area (Å²) in [4.78, 5) is 3.44. The summed E-state index contributed by atoms with van der Waals surface area (Å²) in [6, 6.07) is 2.30. The lowest BCUT2D eigenvalue weighted by Gasteiger charge is -1.95. The molecule has 0 saturated carbocycles. The molecule has 58 valence electrons. The maximum absolute atomic E-state index is 6.77. The summed E-state index contributed by atoms with van der Waals surface area (Å²) in [7, 11) is 0. The summed E-state index contributed by atoms with van der Waals surface area (Å²) in [5, 5.41) is 4.23. The highest BCUT2D eigenvalue weighted by molar-refractivity contribution is 7.07. The monoisotopic (exact) mass is 165 g/mol. The number of rotatable bonds is 3. The van der Waals surface area contributed by atoms with Crippen molar-refractivity contribution in [2.24, 2.45) is 0 Å². The van der Waals surface area contributed by atoms with Crippen LogP contribution >= 0.6 is 11.3 Å². The minimum Gasteiger partial charge on any atom is -0.314 e. The van der Waals surface area contributed by atoms with Gasteiger partial charge in [0.1, 0.15) is 0 Å². The third-order valence-electron chi connectivity index (χ3n) is 1.65. The van der Waals surface area contributed by atoms with Gasteiger partial charge in [-0.1, -0.05) is 0 Å². The van der Waals surface area contributed by atoms with E-state index in [4.69, 9.17) is 6.57 Å². The van der Waals surface area contributed by atoms with Crippen molar-refractivity contribution in [3.8, 4) is 0 Å². The first-order valence-electron chi connectivity index (χ1n) is 3.70. The Morgan fingerprint density at radius 2 is 2.55 bits per heavy atom. The molecule has 0 aliphatic rings. The average Bonchev–Trinajstić information content (AvgIpc) is 2.52. The minimum absolute atomic E-state index is 0.176. The summed E-state index contributed by atoms with van der Waals surface area (Å²) in [5.74, 6) is 0. The molecule has 0 saturated heterocycles. The standard InChI is InChI=1S/C9H11NS/c1-8(10-2)3-4-9-5-6-11-7-9/h5-8H,3-4H2,1H3. The van der Waals surface area contributed by atoms with Crippen molar-refractivity contribution < 1.29 is 0 Å². The van der Waals surface area contributed by atoms with Gasteiger partial charge in [0.15, 0.2) is 0 Å². The first-order valence-corrected chi connectivity index (χ1v) is 4.65. The molecule has 1 atom stereocenters. The number of hydrogen-bond donors (Lipinski definition) is 0. The van der Waals surface area contributed by atoms with Gasteiger partial charge >= 0.3 is 0 Å². The van der Waals surface area contributed by atoms with Crippen LogP contribution in [0, 0.1) is 6.57 Å². The maximum atomic E-state index is 6.77. The van der Waals surface area contributed by atoms with Crippen molar-refractivity contribution in [3.05, 3.63) is 33.8 Å². The van der Waals surface area contributed by atoms with Gasteiger partial charge in [0.2, 0.25) is 6.04 Å². The SMILES string of the molecule is [C-]#[N+]C(C)CCc1ccsc1. The van der Waals surface area contributed by atoms with Crippen molar-refractivity contribution in [1.29, 1.82) is 0 Å².